The molecule has 0 atom stereocenters. The second-order valence-electron chi connectivity index (χ2n) is 2.26. The maximum atomic E-state index is 12.2. The number of anilines is 1. The SMILES string of the molecule is FNNc1ccccc1C(F)(F)F. The lowest BCUT2D eigenvalue weighted by Crippen LogP contribution is -2.15. The van der Waals surface area contributed by atoms with Crippen LogP contribution in [0.3, 0.4) is 0 Å². The normalized spacial score (nSPS) is 11.4. The van der Waals surface area contributed by atoms with Gasteiger partial charge in [0, 0.05) is 0 Å². The quantitative estimate of drug-likeness (QED) is 0.429. The van der Waals surface area contributed by atoms with E-state index in [-0.39, 0.29) is 5.69 Å². The summed E-state index contributed by atoms with van der Waals surface area (Å²) < 4.78 is 48.1. The van der Waals surface area contributed by atoms with Crippen LogP contribution in [-0.4, -0.2) is 0 Å². The Bertz CT molecular complexity index is 284. The zero-order valence-corrected chi connectivity index (χ0v) is 6.32. The molecule has 1 rings (SSSR count). The number of rotatable bonds is 2. The van der Waals surface area contributed by atoms with Crippen LogP contribution in [0.1, 0.15) is 5.56 Å². The zero-order chi connectivity index (χ0) is 9.90. The summed E-state index contributed by atoms with van der Waals surface area (Å²) >= 11 is 0. The summed E-state index contributed by atoms with van der Waals surface area (Å²) in [5.74, 6) is 0. The van der Waals surface area contributed by atoms with E-state index in [9.17, 15) is 17.7 Å². The van der Waals surface area contributed by atoms with E-state index in [0.29, 0.717) is 0 Å². The fraction of sp³-hybridized carbons (Fsp3) is 0.143. The van der Waals surface area contributed by atoms with E-state index in [1.165, 1.54) is 12.1 Å². The van der Waals surface area contributed by atoms with Gasteiger partial charge in [0.15, 0.2) is 0 Å². The molecule has 2 N–H and O–H groups in total. The van der Waals surface area contributed by atoms with Crippen LogP contribution in [0.15, 0.2) is 24.3 Å². The Morgan fingerprint density at radius 1 is 1.08 bits per heavy atom. The number of alkyl halides is 3. The summed E-state index contributed by atoms with van der Waals surface area (Å²) in [6.45, 7) is 0. The van der Waals surface area contributed by atoms with Crippen molar-refractivity contribution in [3.63, 3.8) is 0 Å². The molecule has 0 bridgehead atoms. The lowest BCUT2D eigenvalue weighted by atomic mass is 10.2. The number of para-hydroxylation sites is 1. The Morgan fingerprint density at radius 3 is 2.23 bits per heavy atom. The molecular formula is C7H6F4N2. The van der Waals surface area contributed by atoms with E-state index < -0.39 is 11.7 Å². The first-order chi connectivity index (χ1) is 6.05. The monoisotopic (exact) mass is 194 g/mol. The van der Waals surface area contributed by atoms with Crippen molar-refractivity contribution < 1.29 is 17.7 Å². The fourth-order valence-corrected chi connectivity index (χ4v) is 0.890. The van der Waals surface area contributed by atoms with Crippen LogP contribution in [0.5, 0.6) is 0 Å². The van der Waals surface area contributed by atoms with Crippen molar-refractivity contribution in [2.45, 2.75) is 6.18 Å². The minimum absolute atomic E-state index is 0.350. The first-order valence-electron chi connectivity index (χ1n) is 3.33. The molecule has 6 heteroatoms. The second-order valence-corrected chi connectivity index (χ2v) is 2.26. The maximum Gasteiger partial charge on any atom is 0.418 e. The van der Waals surface area contributed by atoms with Gasteiger partial charge < -0.3 is 0 Å². The largest absolute Gasteiger partial charge is 0.418 e. The van der Waals surface area contributed by atoms with Crippen LogP contribution in [0.2, 0.25) is 0 Å². The highest BCUT2D eigenvalue weighted by molar-refractivity contribution is 5.51. The lowest BCUT2D eigenvalue weighted by Gasteiger charge is -2.11. The highest BCUT2D eigenvalue weighted by Crippen LogP contribution is 2.34. The summed E-state index contributed by atoms with van der Waals surface area (Å²) in [4.78, 5) is 0. The molecule has 0 fully saturated rings. The summed E-state index contributed by atoms with van der Waals surface area (Å²) in [7, 11) is 0. The minimum Gasteiger partial charge on any atom is -0.294 e. The van der Waals surface area contributed by atoms with Gasteiger partial charge in [0.1, 0.15) is 0 Å². The van der Waals surface area contributed by atoms with Crippen LogP contribution >= 0.6 is 0 Å². The highest BCUT2D eigenvalue weighted by Gasteiger charge is 2.33. The molecule has 0 spiro atoms. The van der Waals surface area contributed by atoms with Gasteiger partial charge in [-0.3, -0.25) is 5.43 Å². The van der Waals surface area contributed by atoms with Crippen LogP contribution in [0, 0.1) is 0 Å². The second kappa shape index (κ2) is 3.61. The summed E-state index contributed by atoms with van der Waals surface area (Å²) in [6, 6.07) is 4.58. The van der Waals surface area contributed by atoms with Gasteiger partial charge in [0.25, 0.3) is 0 Å². The third-order valence-corrected chi connectivity index (χ3v) is 1.41. The topological polar surface area (TPSA) is 24.1 Å². The molecule has 0 aliphatic carbocycles. The Labute approximate surface area is 71.5 Å². The van der Waals surface area contributed by atoms with Gasteiger partial charge >= 0.3 is 6.18 Å². The maximum absolute atomic E-state index is 12.2. The van der Waals surface area contributed by atoms with E-state index in [1.54, 1.807) is 5.43 Å². The Morgan fingerprint density at radius 2 is 1.69 bits per heavy atom. The van der Waals surface area contributed by atoms with Crippen molar-refractivity contribution in [2.75, 3.05) is 5.43 Å². The van der Waals surface area contributed by atoms with E-state index in [0.717, 1.165) is 17.8 Å². The van der Waals surface area contributed by atoms with E-state index in [1.807, 2.05) is 0 Å². The molecule has 0 unspecified atom stereocenters. The van der Waals surface area contributed by atoms with Crippen LogP contribution in [0.4, 0.5) is 23.3 Å². The summed E-state index contributed by atoms with van der Waals surface area (Å²) in [5.41, 5.74) is 1.43. The molecule has 0 saturated carbocycles. The number of halogens is 4. The number of hydrogen-bond donors (Lipinski definition) is 2. The van der Waals surface area contributed by atoms with Crippen LogP contribution in [0.25, 0.3) is 0 Å². The third kappa shape index (κ3) is 2.32. The number of hydrazine groups is 1. The van der Waals surface area contributed by atoms with Crippen molar-refractivity contribution in [1.82, 2.24) is 5.65 Å². The molecule has 1 aromatic rings. The number of nitrogens with one attached hydrogen (secondary N) is 2. The average Bonchev–Trinajstić information content (AvgIpc) is 2.04. The molecule has 13 heavy (non-hydrogen) atoms. The van der Waals surface area contributed by atoms with Gasteiger partial charge in [-0.1, -0.05) is 17.8 Å². The fourth-order valence-electron chi connectivity index (χ4n) is 0.890. The van der Waals surface area contributed by atoms with Crippen molar-refractivity contribution in [2.24, 2.45) is 0 Å². The summed E-state index contributed by atoms with van der Waals surface area (Å²) in [6.07, 6.45) is -4.49. The van der Waals surface area contributed by atoms with Gasteiger partial charge in [-0.05, 0) is 12.1 Å². The molecule has 1 aromatic carbocycles. The minimum atomic E-state index is -4.49. The molecule has 0 aliphatic heterocycles. The Balaban J connectivity index is 3.05. The molecule has 0 radical (unpaired) electrons. The predicted molar refractivity (Wildman–Crippen MR) is 39.3 cm³/mol. The number of benzene rings is 1. The van der Waals surface area contributed by atoms with Crippen LogP contribution in [-0.2, 0) is 6.18 Å². The van der Waals surface area contributed by atoms with Crippen molar-refractivity contribution >= 4 is 5.69 Å². The lowest BCUT2D eigenvalue weighted by molar-refractivity contribution is -0.137. The molecule has 0 aromatic heterocycles. The molecular weight excluding hydrogens is 188 g/mol. The molecule has 0 aliphatic rings. The first kappa shape index (κ1) is 9.79. The van der Waals surface area contributed by atoms with E-state index in [2.05, 4.69) is 0 Å². The van der Waals surface area contributed by atoms with Crippen molar-refractivity contribution in [3.8, 4) is 0 Å². The van der Waals surface area contributed by atoms with Crippen molar-refractivity contribution in [1.29, 1.82) is 0 Å². The first-order valence-corrected chi connectivity index (χ1v) is 3.33. The van der Waals surface area contributed by atoms with Crippen molar-refractivity contribution in [3.05, 3.63) is 29.8 Å². The van der Waals surface area contributed by atoms with Gasteiger partial charge in [0.05, 0.1) is 11.3 Å². The van der Waals surface area contributed by atoms with Gasteiger partial charge in [-0.2, -0.15) is 13.2 Å². The molecule has 2 nitrogen and oxygen atoms in total. The van der Waals surface area contributed by atoms with Gasteiger partial charge in [-0.25, -0.2) is 0 Å². The molecule has 0 saturated heterocycles. The number of hydrogen-bond acceptors (Lipinski definition) is 2. The van der Waals surface area contributed by atoms with Gasteiger partial charge in [-0.15, -0.1) is 4.48 Å². The summed E-state index contributed by atoms with van der Waals surface area (Å²) in [5, 5.41) is 0. The molecule has 72 valence electrons. The van der Waals surface area contributed by atoms with E-state index in [4.69, 9.17) is 0 Å². The average molecular weight is 194 g/mol. The van der Waals surface area contributed by atoms with E-state index >= 15 is 0 Å². The zero-order valence-electron chi connectivity index (χ0n) is 6.32. The molecule has 0 heterocycles. The standard InChI is InChI=1S/C7H6F4N2/c8-7(9,10)5-3-1-2-4-6(5)12-13-11/h1-4,12-13H. The third-order valence-electron chi connectivity index (χ3n) is 1.41. The smallest absolute Gasteiger partial charge is 0.294 e. The Hall–Kier alpha value is -1.30. The Kier molecular flexibility index (Phi) is 2.72. The molecule has 0 amide bonds. The van der Waals surface area contributed by atoms with Crippen LogP contribution < -0.4 is 11.1 Å². The van der Waals surface area contributed by atoms with Gasteiger partial charge in [0.2, 0.25) is 0 Å². The predicted octanol–water partition coefficient (Wildman–Crippen LogP) is 2.51. The highest BCUT2D eigenvalue weighted by atomic mass is 19.4.